The molecule has 4 nitrogen and oxygen atoms in total. The predicted octanol–water partition coefficient (Wildman–Crippen LogP) is 0.902. The summed E-state index contributed by atoms with van der Waals surface area (Å²) in [5, 5.41) is 8.72. The van der Waals surface area contributed by atoms with Crippen molar-refractivity contribution in [3.05, 3.63) is 24.1 Å². The Kier molecular flexibility index (Phi) is 1.48. The van der Waals surface area contributed by atoms with Crippen molar-refractivity contribution in [2.24, 2.45) is 0 Å². The van der Waals surface area contributed by atoms with Crippen LogP contribution in [-0.4, -0.2) is 10.1 Å². The molecule has 0 spiro atoms. The van der Waals surface area contributed by atoms with Gasteiger partial charge in [0.1, 0.15) is 12.1 Å². The lowest BCUT2D eigenvalue weighted by Gasteiger charge is -1.88. The molecular formula is C8H8N2O2. The van der Waals surface area contributed by atoms with Crippen LogP contribution in [0.4, 0.5) is 5.69 Å². The topological polar surface area (TPSA) is 72.3 Å². The van der Waals surface area contributed by atoms with Gasteiger partial charge in [-0.2, -0.15) is 0 Å². The van der Waals surface area contributed by atoms with Crippen molar-refractivity contribution in [3.63, 3.8) is 0 Å². The van der Waals surface area contributed by atoms with Gasteiger partial charge in [0.25, 0.3) is 0 Å². The van der Waals surface area contributed by atoms with Crippen molar-refractivity contribution < 1.29 is 9.52 Å². The Morgan fingerprint density at radius 1 is 1.50 bits per heavy atom. The molecule has 4 heteroatoms. The van der Waals surface area contributed by atoms with E-state index in [1.165, 1.54) is 0 Å². The molecule has 0 bridgehead atoms. The molecule has 0 aliphatic carbocycles. The lowest BCUT2D eigenvalue weighted by molar-refractivity contribution is 0.244. The highest BCUT2D eigenvalue weighted by Gasteiger charge is 2.03. The maximum Gasteiger partial charge on any atom is 0.221 e. The zero-order valence-electron chi connectivity index (χ0n) is 6.32. The number of nitrogens with zero attached hydrogens (tertiary/aromatic N) is 1. The van der Waals surface area contributed by atoms with Crippen LogP contribution in [0.1, 0.15) is 5.89 Å². The number of aromatic nitrogens is 1. The summed E-state index contributed by atoms with van der Waals surface area (Å²) in [6, 6.07) is 5.17. The van der Waals surface area contributed by atoms with E-state index in [0.29, 0.717) is 22.7 Å². The van der Waals surface area contributed by atoms with Crippen LogP contribution in [0.15, 0.2) is 22.6 Å². The number of nitrogen functional groups attached to an aromatic ring is 1. The molecule has 0 atom stereocenters. The Labute approximate surface area is 68.6 Å². The van der Waals surface area contributed by atoms with E-state index in [4.69, 9.17) is 15.3 Å². The Morgan fingerprint density at radius 3 is 3.08 bits per heavy atom. The summed E-state index contributed by atoms with van der Waals surface area (Å²) in [5.41, 5.74) is 7.50. The summed E-state index contributed by atoms with van der Waals surface area (Å²) in [4.78, 5) is 4.00. The molecule has 2 rings (SSSR count). The van der Waals surface area contributed by atoms with Gasteiger partial charge >= 0.3 is 0 Å². The molecular weight excluding hydrogens is 156 g/mol. The quantitative estimate of drug-likeness (QED) is 0.614. The van der Waals surface area contributed by atoms with Gasteiger partial charge in [0, 0.05) is 5.69 Å². The Hall–Kier alpha value is -1.55. The third kappa shape index (κ3) is 1.02. The Morgan fingerprint density at radius 2 is 2.33 bits per heavy atom. The van der Waals surface area contributed by atoms with Crippen LogP contribution in [0.5, 0.6) is 0 Å². The molecule has 0 fully saturated rings. The summed E-state index contributed by atoms with van der Waals surface area (Å²) in [5.74, 6) is 0.315. The summed E-state index contributed by atoms with van der Waals surface area (Å²) in [6.45, 7) is -0.186. The van der Waals surface area contributed by atoms with Gasteiger partial charge in [-0.3, -0.25) is 0 Å². The largest absolute Gasteiger partial charge is 0.438 e. The van der Waals surface area contributed by atoms with Crippen molar-refractivity contribution in [3.8, 4) is 0 Å². The monoisotopic (exact) mass is 164 g/mol. The molecule has 0 radical (unpaired) electrons. The standard InChI is InChI=1S/C8H8N2O2/c9-5-1-2-7-6(3-5)10-8(4-11)12-7/h1-3,11H,4,9H2. The average Bonchev–Trinajstić information content (AvgIpc) is 2.46. The molecule has 3 N–H and O–H groups in total. The second-order valence-corrected chi connectivity index (χ2v) is 2.49. The van der Waals surface area contributed by atoms with Gasteiger partial charge in [-0.1, -0.05) is 0 Å². The fourth-order valence-corrected chi connectivity index (χ4v) is 1.06. The highest BCUT2D eigenvalue weighted by atomic mass is 16.4. The second kappa shape index (κ2) is 2.49. The molecule has 0 amide bonds. The maximum atomic E-state index is 8.72. The van der Waals surface area contributed by atoms with Crippen LogP contribution >= 0.6 is 0 Å². The van der Waals surface area contributed by atoms with Crippen LogP contribution in [0.3, 0.4) is 0 Å². The van der Waals surface area contributed by atoms with E-state index < -0.39 is 0 Å². The van der Waals surface area contributed by atoms with Crippen molar-refractivity contribution in [2.45, 2.75) is 6.61 Å². The molecule has 62 valence electrons. The van der Waals surface area contributed by atoms with Gasteiger partial charge in [0.2, 0.25) is 5.89 Å². The SMILES string of the molecule is Nc1ccc2oc(CO)nc2c1. The molecule has 0 aliphatic heterocycles. The Balaban J connectivity index is 2.67. The number of nitrogens with two attached hydrogens (primary N) is 1. The summed E-state index contributed by atoms with van der Waals surface area (Å²) in [7, 11) is 0. The Bertz CT molecular complexity index is 408. The van der Waals surface area contributed by atoms with Crippen LogP contribution in [0, 0.1) is 0 Å². The fraction of sp³-hybridized carbons (Fsp3) is 0.125. The first-order chi connectivity index (χ1) is 5.79. The van der Waals surface area contributed by atoms with Crippen molar-refractivity contribution >= 4 is 16.8 Å². The van der Waals surface area contributed by atoms with E-state index in [0.717, 1.165) is 0 Å². The highest BCUT2D eigenvalue weighted by molar-refractivity contribution is 5.76. The lowest BCUT2D eigenvalue weighted by Crippen LogP contribution is -1.82. The minimum Gasteiger partial charge on any atom is -0.438 e. The molecule has 1 aromatic heterocycles. The van der Waals surface area contributed by atoms with Gasteiger partial charge in [0.15, 0.2) is 5.58 Å². The zero-order chi connectivity index (χ0) is 8.55. The number of anilines is 1. The van der Waals surface area contributed by atoms with E-state index in [1.54, 1.807) is 18.2 Å². The fourth-order valence-electron chi connectivity index (χ4n) is 1.06. The predicted molar refractivity (Wildman–Crippen MR) is 44.3 cm³/mol. The van der Waals surface area contributed by atoms with Crippen LogP contribution in [0.2, 0.25) is 0 Å². The molecule has 1 aromatic carbocycles. The number of fused-ring (bicyclic) bond motifs is 1. The number of benzene rings is 1. The molecule has 0 saturated carbocycles. The lowest BCUT2D eigenvalue weighted by atomic mass is 10.3. The first-order valence-corrected chi connectivity index (χ1v) is 3.55. The van der Waals surface area contributed by atoms with Crippen molar-refractivity contribution in [1.82, 2.24) is 4.98 Å². The van der Waals surface area contributed by atoms with Gasteiger partial charge in [0.05, 0.1) is 0 Å². The van der Waals surface area contributed by atoms with E-state index >= 15 is 0 Å². The van der Waals surface area contributed by atoms with Crippen molar-refractivity contribution in [2.75, 3.05) is 5.73 Å². The number of oxazole rings is 1. The number of aliphatic hydroxyl groups is 1. The number of hydrogen-bond donors (Lipinski definition) is 2. The first-order valence-electron chi connectivity index (χ1n) is 3.55. The van der Waals surface area contributed by atoms with Gasteiger partial charge in [-0.05, 0) is 18.2 Å². The maximum absolute atomic E-state index is 8.72. The second-order valence-electron chi connectivity index (χ2n) is 2.49. The summed E-state index contributed by atoms with van der Waals surface area (Å²) >= 11 is 0. The van der Waals surface area contributed by atoms with Crippen LogP contribution in [-0.2, 0) is 6.61 Å². The molecule has 0 saturated heterocycles. The van der Waals surface area contributed by atoms with Crippen LogP contribution in [0.25, 0.3) is 11.1 Å². The summed E-state index contributed by atoms with van der Waals surface area (Å²) in [6.07, 6.45) is 0. The van der Waals surface area contributed by atoms with Gasteiger partial charge in [-0.25, -0.2) is 4.98 Å². The highest BCUT2D eigenvalue weighted by Crippen LogP contribution is 2.17. The van der Waals surface area contributed by atoms with E-state index in [9.17, 15) is 0 Å². The normalized spacial score (nSPS) is 10.8. The minimum absolute atomic E-state index is 0.186. The van der Waals surface area contributed by atoms with Crippen molar-refractivity contribution in [1.29, 1.82) is 0 Å². The smallest absolute Gasteiger partial charge is 0.221 e. The molecule has 1 heterocycles. The molecule has 12 heavy (non-hydrogen) atoms. The third-order valence-electron chi connectivity index (χ3n) is 1.59. The first kappa shape index (κ1) is 7.12. The summed E-state index contributed by atoms with van der Waals surface area (Å²) < 4.78 is 5.16. The van der Waals surface area contributed by atoms with Gasteiger partial charge in [-0.15, -0.1) is 0 Å². The van der Waals surface area contributed by atoms with E-state index in [1.807, 2.05) is 0 Å². The number of aliphatic hydroxyl groups excluding tert-OH is 1. The van der Waals surface area contributed by atoms with E-state index in [2.05, 4.69) is 4.98 Å². The number of hydrogen-bond acceptors (Lipinski definition) is 4. The van der Waals surface area contributed by atoms with E-state index in [-0.39, 0.29) is 6.61 Å². The molecule has 0 aliphatic rings. The van der Waals surface area contributed by atoms with Crippen LogP contribution < -0.4 is 5.73 Å². The molecule has 2 aromatic rings. The average molecular weight is 164 g/mol. The number of rotatable bonds is 1. The minimum atomic E-state index is -0.186. The molecule has 0 unspecified atom stereocenters. The third-order valence-corrected chi connectivity index (χ3v) is 1.59. The zero-order valence-corrected chi connectivity index (χ0v) is 6.32. The van der Waals surface area contributed by atoms with Gasteiger partial charge < -0.3 is 15.3 Å².